The summed E-state index contributed by atoms with van der Waals surface area (Å²) >= 11 is 0. The van der Waals surface area contributed by atoms with Gasteiger partial charge in [0.05, 0.1) is 31.2 Å². The molecule has 0 saturated heterocycles. The van der Waals surface area contributed by atoms with Crippen LogP contribution >= 0.6 is 0 Å². The van der Waals surface area contributed by atoms with Gasteiger partial charge in [0.2, 0.25) is 0 Å². The van der Waals surface area contributed by atoms with Crippen LogP contribution in [0.25, 0.3) is 5.76 Å². The highest BCUT2D eigenvalue weighted by molar-refractivity contribution is 6.25. The third kappa shape index (κ3) is 4.77. The minimum atomic E-state index is -1.40. The highest BCUT2D eigenvalue weighted by Gasteiger charge is 2.42. The molecule has 37 heavy (non-hydrogen) atoms. The predicted molar refractivity (Wildman–Crippen MR) is 132 cm³/mol. The number of rotatable bonds is 4. The minimum Gasteiger partial charge on any atom is -0.510 e. The molecule has 12 heteroatoms. The van der Waals surface area contributed by atoms with E-state index in [1.165, 1.54) is 25.1 Å². The molecule has 6 N–H and O–H groups in total. The van der Waals surface area contributed by atoms with E-state index in [0.717, 1.165) is 7.11 Å². The SMILES string of the molecule is COC(=O)c1cc(N(C)C)c2c(c1O)C(O)=C1C(=O)CC(=O)/C(C(N)=O)=C(/O)C(N(C)C)[C@@H](O)C[C@@H]1C2. The van der Waals surface area contributed by atoms with Crippen LogP contribution in [0.3, 0.4) is 0 Å². The normalized spacial score (nSPS) is 24.5. The molecule has 2 aliphatic rings. The lowest BCUT2D eigenvalue weighted by Gasteiger charge is -2.36. The van der Waals surface area contributed by atoms with Crippen molar-refractivity contribution in [3.63, 3.8) is 0 Å². The molecule has 0 radical (unpaired) electrons. The molecule has 200 valence electrons. The number of fused-ring (bicyclic) bond motifs is 2. The van der Waals surface area contributed by atoms with E-state index in [1.807, 2.05) is 0 Å². The third-order valence-corrected chi connectivity index (χ3v) is 6.75. The molecule has 3 atom stereocenters. The molecule has 0 heterocycles. The number of aliphatic hydroxyl groups is 3. The number of anilines is 1. The molecule has 0 fully saturated rings. The van der Waals surface area contributed by atoms with E-state index < -0.39 is 70.8 Å². The number of carbonyl (C=O) groups excluding carboxylic acids is 4. The number of amides is 1. The number of nitrogens with zero attached hydrogens (tertiary/aromatic N) is 2. The van der Waals surface area contributed by atoms with Crippen LogP contribution in [0, 0.1) is 5.92 Å². The van der Waals surface area contributed by atoms with Gasteiger partial charge in [-0.25, -0.2) is 4.79 Å². The van der Waals surface area contributed by atoms with E-state index in [9.17, 15) is 39.6 Å². The average Bonchev–Trinajstić information content (AvgIpc) is 2.77. The second-order valence-electron chi connectivity index (χ2n) is 9.55. The summed E-state index contributed by atoms with van der Waals surface area (Å²) in [5, 5.41) is 44.2. The molecule has 12 nitrogen and oxygen atoms in total. The first-order chi connectivity index (χ1) is 17.2. The lowest BCUT2D eigenvalue weighted by Crippen LogP contribution is -2.45. The summed E-state index contributed by atoms with van der Waals surface area (Å²) in [5.74, 6) is -6.94. The molecule has 1 amide bonds. The second-order valence-corrected chi connectivity index (χ2v) is 9.55. The Morgan fingerprint density at radius 3 is 2.22 bits per heavy atom. The van der Waals surface area contributed by atoms with Crippen LogP contribution in [-0.4, -0.2) is 96.2 Å². The summed E-state index contributed by atoms with van der Waals surface area (Å²) in [6.45, 7) is 0. The zero-order chi connectivity index (χ0) is 27.9. The van der Waals surface area contributed by atoms with Gasteiger partial charge in [0.15, 0.2) is 11.6 Å². The number of primary amides is 1. The highest BCUT2D eigenvalue weighted by atomic mass is 16.5. The smallest absolute Gasteiger partial charge is 0.341 e. The number of allylic oxidation sites excluding steroid dienone is 1. The topological polar surface area (TPSA) is 191 Å². The van der Waals surface area contributed by atoms with E-state index in [1.54, 1.807) is 19.0 Å². The minimum absolute atomic E-state index is 0.0432. The second kappa shape index (κ2) is 10.2. The first-order valence-corrected chi connectivity index (χ1v) is 11.4. The Kier molecular flexibility index (Phi) is 7.65. The number of phenolic OH excluding ortho intramolecular Hbond substituents is 1. The van der Waals surface area contributed by atoms with E-state index in [4.69, 9.17) is 10.5 Å². The zero-order valence-electron chi connectivity index (χ0n) is 21.2. The van der Waals surface area contributed by atoms with Crippen LogP contribution in [0.1, 0.15) is 34.3 Å². The number of esters is 1. The van der Waals surface area contributed by atoms with Crippen LogP contribution in [-0.2, 0) is 25.5 Å². The molecule has 1 unspecified atom stereocenters. The standard InChI is InChI=1S/C25H31N3O9/c1-27(2)13-8-12(25(36)37-5)21(32)18-11(13)6-10-7-16(31)20(28(3)4)23(34)19(24(26)35)15(30)9-14(29)17(10)22(18)33/h8,10,16,20,31-34H,6-7,9H2,1-5H3,(H2,26,35)/b23-19-/t10-,16-,20?/m0/s1. The Morgan fingerprint density at radius 2 is 1.70 bits per heavy atom. The average molecular weight is 518 g/mol. The molecular formula is C25H31N3O9. The number of ketones is 2. The molecule has 2 aliphatic carbocycles. The van der Waals surface area contributed by atoms with Crippen LogP contribution in [0.2, 0.25) is 0 Å². The van der Waals surface area contributed by atoms with Crippen LogP contribution < -0.4 is 10.6 Å². The number of Topliss-reactive ketones (excluding diaryl/α,β-unsaturated/α-hetero) is 2. The van der Waals surface area contributed by atoms with Crippen LogP contribution in [0.5, 0.6) is 5.75 Å². The number of carbonyl (C=O) groups is 4. The number of aromatic hydroxyl groups is 1. The maximum Gasteiger partial charge on any atom is 0.341 e. The molecule has 3 rings (SSSR count). The molecule has 1 aromatic rings. The number of likely N-dealkylation sites (N-methyl/N-ethyl adjacent to an activating group) is 1. The highest BCUT2D eigenvalue weighted by Crippen LogP contribution is 2.46. The molecule has 0 saturated carbocycles. The molecule has 0 spiro atoms. The fourth-order valence-corrected chi connectivity index (χ4v) is 5.14. The summed E-state index contributed by atoms with van der Waals surface area (Å²) in [7, 11) is 7.54. The fourth-order valence-electron chi connectivity index (χ4n) is 5.14. The predicted octanol–water partition coefficient (Wildman–Crippen LogP) is 0.207. The van der Waals surface area contributed by atoms with Gasteiger partial charge in [-0.1, -0.05) is 0 Å². The third-order valence-electron chi connectivity index (χ3n) is 6.75. The number of phenols is 1. The van der Waals surface area contributed by atoms with Crippen molar-refractivity contribution in [2.24, 2.45) is 11.7 Å². The fraction of sp³-hybridized carbons (Fsp3) is 0.440. The van der Waals surface area contributed by atoms with Gasteiger partial charge in [-0.15, -0.1) is 0 Å². The maximum atomic E-state index is 13.3. The summed E-state index contributed by atoms with van der Waals surface area (Å²) in [5.41, 5.74) is 4.72. The van der Waals surface area contributed by atoms with Crippen molar-refractivity contribution in [3.05, 3.63) is 39.7 Å². The van der Waals surface area contributed by atoms with Crippen molar-refractivity contribution >= 4 is 34.9 Å². The van der Waals surface area contributed by atoms with Gasteiger partial charge >= 0.3 is 5.97 Å². The van der Waals surface area contributed by atoms with Gasteiger partial charge < -0.3 is 35.8 Å². The summed E-state index contributed by atoms with van der Waals surface area (Å²) < 4.78 is 4.74. The molecule has 0 aromatic heterocycles. The summed E-state index contributed by atoms with van der Waals surface area (Å²) in [6.07, 6.45) is -2.42. The Hall–Kier alpha value is -3.90. The quantitative estimate of drug-likeness (QED) is 0.208. The first-order valence-electron chi connectivity index (χ1n) is 11.4. The van der Waals surface area contributed by atoms with Crippen LogP contribution in [0.4, 0.5) is 5.69 Å². The number of ether oxygens (including phenoxy) is 1. The molecule has 1 aromatic carbocycles. The summed E-state index contributed by atoms with van der Waals surface area (Å²) in [4.78, 5) is 53.7. The van der Waals surface area contributed by atoms with Crippen molar-refractivity contribution in [3.8, 4) is 5.75 Å². The molecular weight excluding hydrogens is 486 g/mol. The van der Waals surface area contributed by atoms with E-state index in [2.05, 4.69) is 0 Å². The van der Waals surface area contributed by atoms with Crippen molar-refractivity contribution in [1.29, 1.82) is 0 Å². The van der Waals surface area contributed by atoms with Gasteiger partial charge in [0, 0.05) is 25.4 Å². The van der Waals surface area contributed by atoms with Crippen molar-refractivity contribution in [2.75, 3.05) is 40.2 Å². The lowest BCUT2D eigenvalue weighted by molar-refractivity contribution is -0.125. The Morgan fingerprint density at radius 1 is 1.08 bits per heavy atom. The van der Waals surface area contributed by atoms with Crippen molar-refractivity contribution in [1.82, 2.24) is 4.90 Å². The van der Waals surface area contributed by atoms with Gasteiger partial charge in [-0.3, -0.25) is 19.3 Å². The van der Waals surface area contributed by atoms with E-state index in [0.29, 0.717) is 11.3 Å². The summed E-state index contributed by atoms with van der Waals surface area (Å²) in [6, 6.07) is 0.184. The number of benzene rings is 1. The van der Waals surface area contributed by atoms with E-state index in [-0.39, 0.29) is 29.5 Å². The van der Waals surface area contributed by atoms with Crippen molar-refractivity contribution < 1.29 is 44.3 Å². The molecule has 0 bridgehead atoms. The number of nitrogens with two attached hydrogens (primary N) is 1. The maximum absolute atomic E-state index is 13.3. The molecule has 0 aliphatic heterocycles. The number of hydrogen-bond acceptors (Lipinski definition) is 11. The van der Waals surface area contributed by atoms with Gasteiger partial charge in [0.1, 0.15) is 28.4 Å². The zero-order valence-corrected chi connectivity index (χ0v) is 21.2. The lowest BCUT2D eigenvalue weighted by atomic mass is 9.74. The Balaban J connectivity index is 2.33. The monoisotopic (exact) mass is 517 g/mol. The number of hydrogen-bond donors (Lipinski definition) is 5. The van der Waals surface area contributed by atoms with Crippen molar-refractivity contribution in [2.45, 2.75) is 31.4 Å². The Labute approximate surface area is 213 Å². The largest absolute Gasteiger partial charge is 0.510 e. The first kappa shape index (κ1) is 27.7. The van der Waals surface area contributed by atoms with Gasteiger partial charge in [0.25, 0.3) is 5.91 Å². The number of methoxy groups -OCH3 is 1. The number of aliphatic hydroxyl groups excluding tert-OH is 3. The van der Waals surface area contributed by atoms with Gasteiger partial charge in [-0.2, -0.15) is 0 Å². The van der Waals surface area contributed by atoms with Crippen LogP contribution in [0.15, 0.2) is 23.0 Å². The van der Waals surface area contributed by atoms with Gasteiger partial charge in [-0.05, 0) is 44.5 Å². The van der Waals surface area contributed by atoms with E-state index >= 15 is 0 Å². The Bertz CT molecular complexity index is 1250.